The van der Waals surface area contributed by atoms with Crippen molar-refractivity contribution in [2.24, 2.45) is 0 Å². The summed E-state index contributed by atoms with van der Waals surface area (Å²) in [5, 5.41) is 16.0. The molecule has 1 aliphatic carbocycles. The van der Waals surface area contributed by atoms with Gasteiger partial charge in [-0.15, -0.1) is 0 Å². The molecule has 9 nitrogen and oxygen atoms in total. The van der Waals surface area contributed by atoms with Gasteiger partial charge in [0.1, 0.15) is 5.69 Å². The van der Waals surface area contributed by atoms with Gasteiger partial charge in [-0.05, 0) is 49.6 Å². The van der Waals surface area contributed by atoms with Crippen molar-refractivity contribution in [2.75, 3.05) is 11.9 Å². The Hall–Kier alpha value is -3.29. The van der Waals surface area contributed by atoms with Crippen LogP contribution in [0.25, 0.3) is 5.82 Å². The van der Waals surface area contributed by atoms with Gasteiger partial charge in [0.2, 0.25) is 0 Å². The lowest BCUT2D eigenvalue weighted by atomic mass is 10.1. The van der Waals surface area contributed by atoms with Gasteiger partial charge in [-0.2, -0.15) is 18.3 Å². The van der Waals surface area contributed by atoms with Crippen molar-refractivity contribution in [3.8, 4) is 5.82 Å². The summed E-state index contributed by atoms with van der Waals surface area (Å²) in [6.45, 7) is 1.57. The number of benzene rings is 1. The Kier molecular flexibility index (Phi) is 7.64. The molecule has 1 atom stereocenters. The smallest absolute Gasteiger partial charge is 0.350 e. The van der Waals surface area contributed by atoms with Crippen LogP contribution in [-0.4, -0.2) is 47.6 Å². The largest absolute Gasteiger partial charge is 0.435 e. The third-order valence-electron chi connectivity index (χ3n) is 5.87. The summed E-state index contributed by atoms with van der Waals surface area (Å²) in [7, 11) is -1.56. The molecule has 38 heavy (non-hydrogen) atoms. The molecule has 0 bridgehead atoms. The van der Waals surface area contributed by atoms with Crippen molar-refractivity contribution < 1.29 is 27.0 Å². The molecule has 1 fully saturated rings. The van der Waals surface area contributed by atoms with Gasteiger partial charge < -0.3 is 10.6 Å². The van der Waals surface area contributed by atoms with Gasteiger partial charge in [0.15, 0.2) is 11.5 Å². The lowest BCUT2D eigenvalue weighted by Gasteiger charge is -2.17. The number of nitrogens with zero attached hydrogens (tertiary/aromatic N) is 3. The third-order valence-corrected chi connectivity index (χ3v) is 8.00. The van der Waals surface area contributed by atoms with Crippen LogP contribution >= 0.6 is 23.2 Å². The molecule has 15 heteroatoms. The second kappa shape index (κ2) is 10.5. The number of nitrogens with one attached hydrogen (secondary N) is 3. The fraction of sp³-hybridized carbons (Fsp3) is 0.261. The predicted molar refractivity (Wildman–Crippen MR) is 137 cm³/mol. The first kappa shape index (κ1) is 27.7. The maximum absolute atomic E-state index is 13.5. The maximum Gasteiger partial charge on any atom is 0.435 e. The van der Waals surface area contributed by atoms with Gasteiger partial charge >= 0.3 is 6.18 Å². The highest BCUT2D eigenvalue weighted by Gasteiger charge is 2.48. The Morgan fingerprint density at radius 2 is 1.95 bits per heavy atom. The molecule has 0 spiro atoms. The monoisotopic (exact) mass is 586 g/mol. The Bertz CT molecular complexity index is 1470. The summed E-state index contributed by atoms with van der Waals surface area (Å²) in [6.07, 6.45) is -2.45. The first-order valence-electron chi connectivity index (χ1n) is 11.0. The number of hydrogen-bond donors (Lipinski definition) is 3. The highest BCUT2D eigenvalue weighted by molar-refractivity contribution is 8.00. The van der Waals surface area contributed by atoms with E-state index >= 15 is 0 Å². The Labute approximate surface area is 226 Å². The molecular formula is C23H19Cl2F3N6O3S. The molecule has 1 aromatic carbocycles. The van der Waals surface area contributed by atoms with Crippen molar-refractivity contribution >= 4 is 57.0 Å². The first-order chi connectivity index (χ1) is 17.9. The van der Waals surface area contributed by atoms with Crippen LogP contribution in [0.15, 0.2) is 36.5 Å². The lowest BCUT2D eigenvalue weighted by molar-refractivity contribution is -0.141. The average molecular weight is 587 g/mol. The number of rotatable bonds is 8. The highest BCUT2D eigenvalue weighted by Crippen LogP contribution is 2.40. The number of pyridine rings is 1. The second-order valence-corrected chi connectivity index (χ2v) is 11.1. The van der Waals surface area contributed by atoms with Gasteiger partial charge in [-0.25, -0.2) is 9.67 Å². The number of amides is 2. The minimum absolute atomic E-state index is 0.00310. The number of carbonyl (C=O) groups excluding carboxylic acids is 2. The Balaban J connectivity index is 1.68. The quantitative estimate of drug-likeness (QED) is 0.258. The molecule has 0 radical (unpaired) electrons. The van der Waals surface area contributed by atoms with E-state index in [9.17, 15) is 27.0 Å². The molecule has 2 aromatic heterocycles. The zero-order valence-corrected chi connectivity index (χ0v) is 21.9. The molecule has 3 aromatic rings. The molecule has 1 saturated carbocycles. The van der Waals surface area contributed by atoms with Gasteiger partial charge in [0.05, 0.1) is 37.4 Å². The van der Waals surface area contributed by atoms with Crippen molar-refractivity contribution in [2.45, 2.75) is 30.7 Å². The Morgan fingerprint density at radius 1 is 1.24 bits per heavy atom. The topological polar surface area (TPSA) is 130 Å². The van der Waals surface area contributed by atoms with Crippen LogP contribution in [0, 0.1) is 12.3 Å². The SMILES string of the molecule is Cc1cc(Cl)cc(C(=O)NCC2(S(=O)C=N)CC2)c1NC(=O)c1cc(C(F)(F)F)nn1-c1ncccc1Cl. The summed E-state index contributed by atoms with van der Waals surface area (Å²) < 4.78 is 52.5. The van der Waals surface area contributed by atoms with Gasteiger partial charge in [-0.3, -0.25) is 19.2 Å². The summed E-state index contributed by atoms with van der Waals surface area (Å²) >= 11 is 12.2. The lowest BCUT2D eigenvalue weighted by Crippen LogP contribution is -2.36. The standard InChI is InChI=1S/C23H19Cl2F3N6O3S/c1-12-7-13(24)8-14(20(35)31-10-22(4-5-22)38(37)11-29)18(12)32-21(36)16-9-17(23(26,27)28)33-34(16)19-15(25)3-2-6-30-19/h2-3,6-9,11,29H,4-5,10H2,1H3,(H,31,35)(H,32,36). The second-order valence-electron chi connectivity index (χ2n) is 8.51. The fourth-order valence-electron chi connectivity index (χ4n) is 3.69. The van der Waals surface area contributed by atoms with Crippen LogP contribution in [0.2, 0.25) is 10.0 Å². The zero-order valence-electron chi connectivity index (χ0n) is 19.5. The molecule has 0 saturated heterocycles. The van der Waals surface area contributed by atoms with E-state index in [-0.39, 0.29) is 33.7 Å². The molecule has 2 amide bonds. The van der Waals surface area contributed by atoms with E-state index in [0.29, 0.717) is 29.2 Å². The van der Waals surface area contributed by atoms with Crippen molar-refractivity contribution in [3.63, 3.8) is 0 Å². The minimum atomic E-state index is -4.86. The van der Waals surface area contributed by atoms with Crippen LogP contribution in [0.3, 0.4) is 0 Å². The zero-order chi connectivity index (χ0) is 27.8. The number of carbonyl (C=O) groups is 2. The fourth-order valence-corrected chi connectivity index (χ4v) is 5.14. The van der Waals surface area contributed by atoms with Crippen LogP contribution in [-0.2, 0) is 17.0 Å². The third kappa shape index (κ3) is 5.59. The summed E-state index contributed by atoms with van der Waals surface area (Å²) in [5.41, 5.74) is -0.749. The minimum Gasteiger partial charge on any atom is -0.350 e. The normalized spacial score (nSPS) is 15.0. The summed E-state index contributed by atoms with van der Waals surface area (Å²) in [4.78, 5) is 30.3. The molecule has 3 N–H and O–H groups in total. The molecule has 2 heterocycles. The number of aryl methyl sites for hydroxylation is 1. The van der Waals surface area contributed by atoms with E-state index < -0.39 is 44.9 Å². The van der Waals surface area contributed by atoms with Crippen LogP contribution in [0.1, 0.15) is 44.9 Å². The van der Waals surface area contributed by atoms with E-state index in [2.05, 4.69) is 20.7 Å². The van der Waals surface area contributed by atoms with Gasteiger partial charge in [0.25, 0.3) is 11.8 Å². The maximum atomic E-state index is 13.5. The average Bonchev–Trinajstić information content (AvgIpc) is 3.51. The molecule has 1 aliphatic rings. The number of alkyl halides is 3. The van der Waals surface area contributed by atoms with Crippen molar-refractivity contribution in [1.29, 1.82) is 5.41 Å². The molecule has 4 rings (SSSR count). The van der Waals surface area contributed by atoms with Crippen LogP contribution in [0.5, 0.6) is 0 Å². The summed E-state index contributed by atoms with van der Waals surface area (Å²) in [6, 6.07) is 6.15. The number of aromatic nitrogens is 3. The van der Waals surface area contributed by atoms with E-state index in [1.165, 1.54) is 30.5 Å². The Morgan fingerprint density at radius 3 is 2.55 bits per heavy atom. The van der Waals surface area contributed by atoms with E-state index in [4.69, 9.17) is 28.6 Å². The predicted octanol–water partition coefficient (Wildman–Crippen LogP) is 4.77. The van der Waals surface area contributed by atoms with Crippen molar-refractivity contribution in [3.05, 3.63) is 69.1 Å². The highest BCUT2D eigenvalue weighted by atomic mass is 35.5. The van der Waals surface area contributed by atoms with Gasteiger partial charge in [0, 0.05) is 23.8 Å². The number of hydrogen-bond acceptors (Lipinski definition) is 6. The van der Waals surface area contributed by atoms with Gasteiger partial charge in [-0.1, -0.05) is 23.2 Å². The molecule has 1 unspecified atom stereocenters. The van der Waals surface area contributed by atoms with E-state index in [1.807, 2.05) is 0 Å². The van der Waals surface area contributed by atoms with Crippen LogP contribution in [0.4, 0.5) is 18.9 Å². The van der Waals surface area contributed by atoms with Crippen molar-refractivity contribution in [1.82, 2.24) is 20.1 Å². The first-order valence-corrected chi connectivity index (χ1v) is 12.9. The molecule has 200 valence electrons. The molecule has 0 aliphatic heterocycles. The van der Waals surface area contributed by atoms with E-state index in [1.54, 1.807) is 6.92 Å². The number of anilines is 1. The molecular weight excluding hydrogens is 568 g/mol. The van der Waals surface area contributed by atoms with Crippen LogP contribution < -0.4 is 10.6 Å². The summed E-state index contributed by atoms with van der Waals surface area (Å²) in [5.74, 6) is -1.87. The number of halogens is 5. The van der Waals surface area contributed by atoms with E-state index in [0.717, 1.165) is 5.55 Å².